The summed E-state index contributed by atoms with van der Waals surface area (Å²) in [5, 5.41) is 2.84. The fourth-order valence-corrected chi connectivity index (χ4v) is 2.16. The average Bonchev–Trinajstić information content (AvgIpc) is 2.41. The molecule has 0 aliphatic carbocycles. The van der Waals surface area contributed by atoms with Crippen LogP contribution < -0.4 is 11.1 Å². The van der Waals surface area contributed by atoms with Crippen LogP contribution in [-0.4, -0.2) is 5.91 Å². The zero-order chi connectivity index (χ0) is 14.7. The minimum absolute atomic E-state index is 0.295. The number of carbonyl (C=O) groups excluding carboxylic acids is 1. The third kappa shape index (κ3) is 2.96. The van der Waals surface area contributed by atoms with Crippen molar-refractivity contribution in [1.82, 2.24) is 0 Å². The summed E-state index contributed by atoms with van der Waals surface area (Å²) in [6.07, 6.45) is 0.755. The van der Waals surface area contributed by atoms with E-state index in [2.05, 4.69) is 5.32 Å². The second kappa shape index (κ2) is 5.74. The fraction of sp³-hybridized carbons (Fsp3) is 0.188. The molecule has 1 amide bonds. The maximum absolute atomic E-state index is 13.1. The third-order valence-corrected chi connectivity index (χ3v) is 3.15. The van der Waals surface area contributed by atoms with E-state index in [-0.39, 0.29) is 5.91 Å². The van der Waals surface area contributed by atoms with Crippen molar-refractivity contribution in [1.29, 1.82) is 0 Å². The summed E-state index contributed by atoms with van der Waals surface area (Å²) >= 11 is 0. The van der Waals surface area contributed by atoms with E-state index in [1.54, 1.807) is 12.1 Å². The Labute approximate surface area is 117 Å². The molecule has 0 atom stereocenters. The molecule has 0 aliphatic rings. The van der Waals surface area contributed by atoms with Crippen molar-refractivity contribution in [3.05, 3.63) is 58.9 Å². The molecule has 0 saturated carbocycles. The number of aryl methyl sites for hydroxylation is 2. The summed E-state index contributed by atoms with van der Waals surface area (Å²) in [5.41, 5.74) is 9.37. The zero-order valence-corrected chi connectivity index (χ0v) is 11.5. The predicted octanol–water partition coefficient (Wildman–Crippen LogP) is 3.53. The average molecular weight is 272 g/mol. The quantitative estimate of drug-likeness (QED) is 0.840. The highest BCUT2D eigenvalue weighted by atomic mass is 19.1. The van der Waals surface area contributed by atoms with Gasteiger partial charge >= 0.3 is 0 Å². The highest BCUT2D eigenvalue weighted by molar-refractivity contribution is 6.05. The second-order valence-electron chi connectivity index (χ2n) is 4.69. The van der Waals surface area contributed by atoms with E-state index in [1.807, 2.05) is 19.9 Å². The number of nitrogens with two attached hydrogens (primary N) is 1. The van der Waals surface area contributed by atoms with Gasteiger partial charge in [-0.05, 0) is 54.8 Å². The first-order chi connectivity index (χ1) is 9.51. The van der Waals surface area contributed by atoms with Crippen LogP contribution in [0.15, 0.2) is 36.4 Å². The van der Waals surface area contributed by atoms with Gasteiger partial charge in [-0.3, -0.25) is 4.79 Å². The van der Waals surface area contributed by atoms with Gasteiger partial charge in [-0.25, -0.2) is 4.39 Å². The van der Waals surface area contributed by atoms with Gasteiger partial charge in [0.2, 0.25) is 0 Å². The predicted molar refractivity (Wildman–Crippen MR) is 79.3 cm³/mol. The summed E-state index contributed by atoms with van der Waals surface area (Å²) in [5.74, 6) is -0.755. The molecule has 3 nitrogen and oxygen atoms in total. The number of hydrogen-bond donors (Lipinski definition) is 2. The Balaban J connectivity index is 2.32. The number of carbonyl (C=O) groups is 1. The first kappa shape index (κ1) is 14.1. The van der Waals surface area contributed by atoms with Gasteiger partial charge in [-0.1, -0.05) is 13.0 Å². The summed E-state index contributed by atoms with van der Waals surface area (Å²) in [6.45, 7) is 3.88. The molecule has 0 aliphatic heterocycles. The molecule has 2 rings (SSSR count). The monoisotopic (exact) mass is 272 g/mol. The van der Waals surface area contributed by atoms with E-state index in [0.29, 0.717) is 11.3 Å². The standard InChI is InChI=1S/C16H17FN2O/c1-3-11-9-14(18)7-10(2)15(11)19-16(20)12-5-4-6-13(17)8-12/h4-9H,3,18H2,1-2H3,(H,19,20). The molecule has 0 unspecified atom stereocenters. The Bertz CT molecular complexity index is 653. The molecule has 0 radical (unpaired) electrons. The topological polar surface area (TPSA) is 55.1 Å². The van der Waals surface area contributed by atoms with Crippen LogP contribution in [0.3, 0.4) is 0 Å². The van der Waals surface area contributed by atoms with E-state index in [1.165, 1.54) is 18.2 Å². The van der Waals surface area contributed by atoms with Gasteiger partial charge in [0.25, 0.3) is 5.91 Å². The van der Waals surface area contributed by atoms with Gasteiger partial charge in [0, 0.05) is 16.9 Å². The fourth-order valence-electron chi connectivity index (χ4n) is 2.16. The molecule has 0 heterocycles. The third-order valence-electron chi connectivity index (χ3n) is 3.15. The number of benzene rings is 2. The van der Waals surface area contributed by atoms with Crippen LogP contribution >= 0.6 is 0 Å². The van der Waals surface area contributed by atoms with Crippen LogP contribution in [0.2, 0.25) is 0 Å². The minimum Gasteiger partial charge on any atom is -0.399 e. The molecule has 2 aromatic rings. The van der Waals surface area contributed by atoms with Gasteiger partial charge < -0.3 is 11.1 Å². The SMILES string of the molecule is CCc1cc(N)cc(C)c1NC(=O)c1cccc(F)c1. The van der Waals surface area contributed by atoms with Crippen LogP contribution in [-0.2, 0) is 6.42 Å². The van der Waals surface area contributed by atoms with Crippen molar-refractivity contribution in [3.8, 4) is 0 Å². The highest BCUT2D eigenvalue weighted by Gasteiger charge is 2.12. The summed E-state index contributed by atoms with van der Waals surface area (Å²) in [6, 6.07) is 9.27. The molecule has 2 aromatic carbocycles. The zero-order valence-electron chi connectivity index (χ0n) is 11.5. The number of rotatable bonds is 3. The van der Waals surface area contributed by atoms with Crippen molar-refractivity contribution in [2.75, 3.05) is 11.1 Å². The van der Waals surface area contributed by atoms with Crippen LogP contribution in [0.1, 0.15) is 28.4 Å². The van der Waals surface area contributed by atoms with E-state index in [4.69, 9.17) is 5.73 Å². The lowest BCUT2D eigenvalue weighted by atomic mass is 10.0. The van der Waals surface area contributed by atoms with Gasteiger partial charge in [-0.2, -0.15) is 0 Å². The molecule has 20 heavy (non-hydrogen) atoms. The second-order valence-corrected chi connectivity index (χ2v) is 4.69. The van der Waals surface area contributed by atoms with Crippen molar-refractivity contribution in [3.63, 3.8) is 0 Å². The lowest BCUT2D eigenvalue weighted by Gasteiger charge is -2.14. The van der Waals surface area contributed by atoms with E-state index in [9.17, 15) is 9.18 Å². The number of halogens is 1. The lowest BCUT2D eigenvalue weighted by molar-refractivity contribution is 0.102. The molecule has 0 bridgehead atoms. The normalized spacial score (nSPS) is 10.3. The number of nitrogen functional groups attached to an aromatic ring is 1. The highest BCUT2D eigenvalue weighted by Crippen LogP contribution is 2.25. The Kier molecular flexibility index (Phi) is 4.03. The number of hydrogen-bond acceptors (Lipinski definition) is 2. The van der Waals surface area contributed by atoms with E-state index in [0.717, 1.165) is 23.2 Å². The van der Waals surface area contributed by atoms with Gasteiger partial charge in [-0.15, -0.1) is 0 Å². The van der Waals surface area contributed by atoms with Crippen LogP contribution in [0, 0.1) is 12.7 Å². The first-order valence-electron chi connectivity index (χ1n) is 6.47. The molecular formula is C16H17FN2O. The Morgan fingerprint density at radius 1 is 1.30 bits per heavy atom. The van der Waals surface area contributed by atoms with Gasteiger partial charge in [0.05, 0.1) is 0 Å². The smallest absolute Gasteiger partial charge is 0.255 e. The molecule has 4 heteroatoms. The number of amides is 1. The van der Waals surface area contributed by atoms with Crippen molar-refractivity contribution in [2.45, 2.75) is 20.3 Å². The minimum atomic E-state index is -0.428. The van der Waals surface area contributed by atoms with Crippen LogP contribution in [0.5, 0.6) is 0 Å². The van der Waals surface area contributed by atoms with Crippen molar-refractivity contribution < 1.29 is 9.18 Å². The Morgan fingerprint density at radius 2 is 2.05 bits per heavy atom. The largest absolute Gasteiger partial charge is 0.399 e. The maximum atomic E-state index is 13.1. The van der Waals surface area contributed by atoms with Gasteiger partial charge in [0.15, 0.2) is 0 Å². The van der Waals surface area contributed by atoms with Crippen molar-refractivity contribution in [2.24, 2.45) is 0 Å². The molecule has 3 N–H and O–H groups in total. The maximum Gasteiger partial charge on any atom is 0.255 e. The lowest BCUT2D eigenvalue weighted by Crippen LogP contribution is -2.14. The molecular weight excluding hydrogens is 255 g/mol. The Morgan fingerprint density at radius 3 is 2.70 bits per heavy atom. The van der Waals surface area contributed by atoms with Crippen molar-refractivity contribution >= 4 is 17.3 Å². The molecule has 0 fully saturated rings. The Hall–Kier alpha value is -2.36. The summed E-state index contributed by atoms with van der Waals surface area (Å²) < 4.78 is 13.1. The van der Waals surface area contributed by atoms with Crippen LogP contribution in [0.25, 0.3) is 0 Å². The van der Waals surface area contributed by atoms with Gasteiger partial charge in [0.1, 0.15) is 5.82 Å². The number of nitrogens with one attached hydrogen (secondary N) is 1. The summed E-state index contributed by atoms with van der Waals surface area (Å²) in [4.78, 5) is 12.2. The molecule has 0 saturated heterocycles. The number of anilines is 2. The molecule has 0 aromatic heterocycles. The first-order valence-corrected chi connectivity index (χ1v) is 6.47. The van der Waals surface area contributed by atoms with E-state index >= 15 is 0 Å². The molecule has 0 spiro atoms. The van der Waals surface area contributed by atoms with Crippen LogP contribution in [0.4, 0.5) is 15.8 Å². The molecule has 104 valence electrons. The van der Waals surface area contributed by atoms with E-state index < -0.39 is 5.82 Å². The summed E-state index contributed by atoms with van der Waals surface area (Å²) in [7, 11) is 0.